The van der Waals surface area contributed by atoms with Gasteiger partial charge in [0.1, 0.15) is 23.0 Å². The number of ether oxygens (including phenoxy) is 3. The van der Waals surface area contributed by atoms with Gasteiger partial charge in [-0.15, -0.1) is 0 Å². The van der Waals surface area contributed by atoms with Gasteiger partial charge in [-0.25, -0.2) is 4.98 Å². The molecule has 0 bridgehead atoms. The van der Waals surface area contributed by atoms with Crippen molar-refractivity contribution >= 4 is 44.1 Å². The van der Waals surface area contributed by atoms with Crippen LogP contribution in [0.25, 0.3) is 16.0 Å². The van der Waals surface area contributed by atoms with Gasteiger partial charge in [-0.1, -0.05) is 36.8 Å². The van der Waals surface area contributed by atoms with Gasteiger partial charge in [0, 0.05) is 5.56 Å². The molecule has 1 N–H and O–H groups in total. The van der Waals surface area contributed by atoms with Gasteiger partial charge < -0.3 is 19.3 Å². The lowest BCUT2D eigenvalue weighted by atomic mass is 9.95. The smallest absolute Gasteiger partial charge is 0.301 e. The number of aliphatic hydroxyl groups excluding tert-OH is 1. The Balaban J connectivity index is 1.61. The number of Topliss-reactive ketones (excluding diaryl/α,β-unsaturated/α-hetero) is 1. The predicted molar refractivity (Wildman–Crippen MR) is 155 cm³/mol. The van der Waals surface area contributed by atoms with Crippen LogP contribution < -0.4 is 19.1 Å². The molecular formula is C31H30N2O6S. The maximum Gasteiger partial charge on any atom is 0.301 e. The number of unbranched alkanes of at least 4 members (excludes halogenated alkanes) is 1. The number of hydrogen-bond acceptors (Lipinski definition) is 8. The fourth-order valence-corrected chi connectivity index (χ4v) is 5.60. The summed E-state index contributed by atoms with van der Waals surface area (Å²) < 4.78 is 17.5. The summed E-state index contributed by atoms with van der Waals surface area (Å²) >= 11 is 1.29. The Labute approximate surface area is 236 Å². The summed E-state index contributed by atoms with van der Waals surface area (Å²) in [7, 11) is 1.55. The first-order valence-electron chi connectivity index (χ1n) is 13.2. The van der Waals surface area contributed by atoms with E-state index in [1.54, 1.807) is 31.4 Å². The number of nitrogens with zero attached hydrogens (tertiary/aromatic N) is 2. The molecule has 1 aliphatic rings. The van der Waals surface area contributed by atoms with Crippen molar-refractivity contribution in [2.45, 2.75) is 32.7 Å². The minimum Gasteiger partial charge on any atom is -0.507 e. The molecule has 40 heavy (non-hydrogen) atoms. The highest BCUT2D eigenvalue weighted by Crippen LogP contribution is 2.45. The van der Waals surface area contributed by atoms with Gasteiger partial charge in [0.05, 0.1) is 42.2 Å². The van der Waals surface area contributed by atoms with Crippen molar-refractivity contribution in [1.82, 2.24) is 4.98 Å². The van der Waals surface area contributed by atoms with E-state index in [9.17, 15) is 14.7 Å². The first-order chi connectivity index (χ1) is 19.4. The number of ketones is 1. The van der Waals surface area contributed by atoms with Gasteiger partial charge in [0.25, 0.3) is 5.78 Å². The van der Waals surface area contributed by atoms with Gasteiger partial charge in [-0.05, 0) is 73.5 Å². The highest BCUT2D eigenvalue weighted by Gasteiger charge is 2.48. The van der Waals surface area contributed by atoms with Crippen molar-refractivity contribution < 1.29 is 28.9 Å². The molecule has 2 heterocycles. The van der Waals surface area contributed by atoms with E-state index in [-0.39, 0.29) is 11.3 Å². The highest BCUT2D eigenvalue weighted by molar-refractivity contribution is 7.22. The summed E-state index contributed by atoms with van der Waals surface area (Å²) in [5, 5.41) is 11.7. The van der Waals surface area contributed by atoms with Crippen LogP contribution in [0.4, 0.5) is 5.13 Å². The van der Waals surface area contributed by atoms with Crippen LogP contribution in [0.2, 0.25) is 0 Å². The number of rotatable bonds is 10. The molecule has 0 saturated carbocycles. The summed E-state index contributed by atoms with van der Waals surface area (Å²) in [4.78, 5) is 33.1. The summed E-state index contributed by atoms with van der Waals surface area (Å²) in [6.07, 6.45) is 1.96. The van der Waals surface area contributed by atoms with Crippen LogP contribution in [-0.4, -0.2) is 42.1 Å². The number of aromatic nitrogens is 1. The first-order valence-corrected chi connectivity index (χ1v) is 14.0. The SMILES string of the molecule is CCCCOc1ccc(C2C(=C(O)c3ccc(OC)cc3)C(=O)C(=O)N2c2nc3ccc(OCC)cc3s2)cc1. The third-order valence-corrected chi connectivity index (χ3v) is 7.65. The van der Waals surface area contributed by atoms with E-state index in [1.165, 1.54) is 16.2 Å². The molecule has 1 amide bonds. The van der Waals surface area contributed by atoms with Gasteiger partial charge in [-0.2, -0.15) is 0 Å². The lowest BCUT2D eigenvalue weighted by molar-refractivity contribution is -0.132. The van der Waals surface area contributed by atoms with E-state index in [0.717, 1.165) is 17.5 Å². The Kier molecular flexibility index (Phi) is 8.02. The molecule has 1 aliphatic heterocycles. The quantitative estimate of drug-likeness (QED) is 0.103. The van der Waals surface area contributed by atoms with E-state index in [4.69, 9.17) is 14.2 Å². The molecule has 1 fully saturated rings. The third-order valence-electron chi connectivity index (χ3n) is 6.64. The molecular weight excluding hydrogens is 528 g/mol. The van der Waals surface area contributed by atoms with Crippen LogP contribution in [0, 0.1) is 0 Å². The van der Waals surface area contributed by atoms with E-state index < -0.39 is 17.7 Å². The number of aliphatic hydroxyl groups is 1. The second-order valence-electron chi connectivity index (χ2n) is 9.23. The van der Waals surface area contributed by atoms with Crippen molar-refractivity contribution in [1.29, 1.82) is 0 Å². The third kappa shape index (κ3) is 5.24. The second kappa shape index (κ2) is 11.8. The number of anilines is 1. The van der Waals surface area contributed by atoms with Crippen molar-refractivity contribution in [2.24, 2.45) is 0 Å². The van der Waals surface area contributed by atoms with E-state index in [0.29, 0.717) is 52.2 Å². The topological polar surface area (TPSA) is 98.2 Å². The number of amides is 1. The maximum atomic E-state index is 13.6. The first kappa shape index (κ1) is 27.2. The number of carbonyl (C=O) groups is 2. The Bertz CT molecular complexity index is 1560. The number of carbonyl (C=O) groups excluding carboxylic acids is 2. The summed E-state index contributed by atoms with van der Waals surface area (Å²) in [6.45, 7) is 5.12. The summed E-state index contributed by atoms with van der Waals surface area (Å²) in [5.41, 5.74) is 1.71. The summed E-state index contributed by atoms with van der Waals surface area (Å²) in [6, 6.07) is 18.5. The van der Waals surface area contributed by atoms with Crippen molar-refractivity contribution in [3.63, 3.8) is 0 Å². The second-order valence-corrected chi connectivity index (χ2v) is 10.2. The number of hydrogen-bond donors (Lipinski definition) is 1. The fourth-order valence-electron chi connectivity index (χ4n) is 4.58. The monoisotopic (exact) mass is 558 g/mol. The Hall–Kier alpha value is -4.37. The van der Waals surface area contributed by atoms with Crippen LogP contribution in [0.5, 0.6) is 17.2 Å². The Morgan fingerprint density at radius 2 is 1.65 bits per heavy atom. The zero-order chi connectivity index (χ0) is 28.2. The molecule has 8 nitrogen and oxygen atoms in total. The zero-order valence-electron chi connectivity index (χ0n) is 22.5. The summed E-state index contributed by atoms with van der Waals surface area (Å²) in [5.74, 6) is 0.183. The normalized spacial score (nSPS) is 16.5. The number of methoxy groups -OCH3 is 1. The lowest BCUT2D eigenvalue weighted by Crippen LogP contribution is -2.29. The lowest BCUT2D eigenvalue weighted by Gasteiger charge is -2.23. The molecule has 3 aromatic carbocycles. The maximum absolute atomic E-state index is 13.6. The average Bonchev–Trinajstić information content (AvgIpc) is 3.51. The minimum absolute atomic E-state index is 0.0101. The van der Waals surface area contributed by atoms with Crippen LogP contribution in [0.15, 0.2) is 72.3 Å². The van der Waals surface area contributed by atoms with Gasteiger partial charge in [-0.3, -0.25) is 14.5 Å². The molecule has 0 radical (unpaired) electrons. The van der Waals surface area contributed by atoms with E-state index >= 15 is 0 Å². The number of fused-ring (bicyclic) bond motifs is 1. The molecule has 1 aromatic heterocycles. The van der Waals surface area contributed by atoms with E-state index in [1.807, 2.05) is 49.4 Å². The van der Waals surface area contributed by atoms with Crippen LogP contribution in [-0.2, 0) is 9.59 Å². The number of benzene rings is 3. The van der Waals surface area contributed by atoms with E-state index in [2.05, 4.69) is 11.9 Å². The van der Waals surface area contributed by atoms with Gasteiger partial charge >= 0.3 is 5.91 Å². The molecule has 0 spiro atoms. The molecule has 5 rings (SSSR count). The Morgan fingerprint density at radius 1 is 0.950 bits per heavy atom. The molecule has 4 aromatic rings. The van der Waals surface area contributed by atoms with Gasteiger partial charge in [0.2, 0.25) is 0 Å². The largest absolute Gasteiger partial charge is 0.507 e. The fraction of sp³-hybridized carbons (Fsp3) is 0.258. The standard InChI is InChI=1S/C31H30N2O6S/c1-4-6-17-39-22-13-7-19(8-14-22)27-26(28(34)20-9-11-21(37-3)12-10-20)29(35)30(36)33(27)31-32-24-16-15-23(38-5-2)18-25(24)40-31/h7-16,18,27,34H,4-6,17H2,1-3H3. The van der Waals surface area contributed by atoms with Crippen LogP contribution in [0.3, 0.4) is 0 Å². The highest BCUT2D eigenvalue weighted by atomic mass is 32.1. The molecule has 206 valence electrons. The van der Waals surface area contributed by atoms with Crippen LogP contribution >= 0.6 is 11.3 Å². The van der Waals surface area contributed by atoms with Gasteiger partial charge in [0.15, 0.2) is 5.13 Å². The minimum atomic E-state index is -0.890. The Morgan fingerprint density at radius 3 is 2.33 bits per heavy atom. The molecule has 1 saturated heterocycles. The molecule has 1 unspecified atom stereocenters. The van der Waals surface area contributed by atoms with Crippen LogP contribution in [0.1, 0.15) is 43.9 Å². The average molecular weight is 559 g/mol. The molecule has 0 aliphatic carbocycles. The van der Waals surface area contributed by atoms with Crippen molar-refractivity contribution in [3.8, 4) is 17.2 Å². The van der Waals surface area contributed by atoms with Crippen molar-refractivity contribution in [2.75, 3.05) is 25.2 Å². The molecule has 1 atom stereocenters. The predicted octanol–water partition coefficient (Wildman–Crippen LogP) is 6.51. The molecule has 9 heteroatoms. The number of thiazole rings is 1. The zero-order valence-corrected chi connectivity index (χ0v) is 23.4. The van der Waals surface area contributed by atoms with Crippen molar-refractivity contribution in [3.05, 3.63) is 83.4 Å².